The molecule has 0 spiro atoms. The zero-order valence-corrected chi connectivity index (χ0v) is 4.22. The van der Waals surface area contributed by atoms with E-state index in [1.807, 2.05) is 6.92 Å². The number of nitrogens with one attached hydrogen (secondary N) is 1. The summed E-state index contributed by atoms with van der Waals surface area (Å²) in [4.78, 5) is 0. The van der Waals surface area contributed by atoms with Gasteiger partial charge in [0.2, 0.25) is 6.67 Å². The summed E-state index contributed by atoms with van der Waals surface area (Å²) in [5.41, 5.74) is 0. The van der Waals surface area contributed by atoms with Crippen LogP contribution in [0, 0.1) is 5.21 Å². The third-order valence-corrected chi connectivity index (χ3v) is 0.959. The van der Waals surface area contributed by atoms with Crippen LogP contribution in [0.5, 0.6) is 0 Å². The fraction of sp³-hybridized carbons (Fsp3) is 0.750. The van der Waals surface area contributed by atoms with Crippen LogP contribution in [-0.2, 0) is 0 Å². The van der Waals surface area contributed by atoms with Gasteiger partial charge in [-0.3, -0.25) is 0 Å². The second kappa shape index (κ2) is 1.50. The normalized spacial score (nSPS) is 30.4. The third kappa shape index (κ3) is 0.899. The Morgan fingerprint density at radius 1 is 2.00 bits per heavy atom. The molecular formula is C4H8N2O. The van der Waals surface area contributed by atoms with Gasteiger partial charge in [-0.2, -0.15) is 4.74 Å². The topological polar surface area (TPSA) is 38.1 Å². The Bertz CT molecular complexity index is 99.9. The number of rotatable bonds is 0. The van der Waals surface area contributed by atoms with Crippen LogP contribution in [0.25, 0.3) is 0 Å². The van der Waals surface area contributed by atoms with E-state index in [4.69, 9.17) is 0 Å². The van der Waals surface area contributed by atoms with Crippen LogP contribution in [-0.4, -0.2) is 23.7 Å². The van der Waals surface area contributed by atoms with Crippen molar-refractivity contribution >= 4 is 6.21 Å². The molecule has 0 saturated carbocycles. The predicted molar refractivity (Wildman–Crippen MR) is 27.2 cm³/mol. The highest BCUT2D eigenvalue weighted by Crippen LogP contribution is 1.82. The number of hydrogen-bond acceptors (Lipinski definition) is 2. The first-order valence-corrected chi connectivity index (χ1v) is 2.31. The molecule has 7 heavy (non-hydrogen) atoms. The van der Waals surface area contributed by atoms with Crippen LogP contribution in [0.1, 0.15) is 6.92 Å². The van der Waals surface area contributed by atoms with Gasteiger partial charge >= 0.3 is 0 Å². The quantitative estimate of drug-likeness (QED) is 0.329. The van der Waals surface area contributed by atoms with Crippen LogP contribution in [0.3, 0.4) is 0 Å². The predicted octanol–water partition coefficient (Wildman–Crippen LogP) is -0.483. The highest BCUT2D eigenvalue weighted by Gasteiger charge is 2.09. The lowest BCUT2D eigenvalue weighted by molar-refractivity contribution is -0.448. The van der Waals surface area contributed by atoms with Gasteiger partial charge < -0.3 is 5.21 Å². The fourth-order valence-electron chi connectivity index (χ4n) is 0.589. The van der Waals surface area contributed by atoms with Gasteiger partial charge in [-0.25, -0.2) is 5.32 Å². The number of nitrogens with zero attached hydrogens (tertiary/aromatic N) is 1. The maximum Gasteiger partial charge on any atom is 0.207 e. The Labute approximate surface area is 42.2 Å². The lowest BCUT2D eigenvalue weighted by Gasteiger charge is -1.91. The van der Waals surface area contributed by atoms with Crippen molar-refractivity contribution < 1.29 is 4.74 Å². The average molecular weight is 100 g/mol. The Morgan fingerprint density at radius 3 is 2.86 bits per heavy atom. The van der Waals surface area contributed by atoms with E-state index in [1.54, 1.807) is 6.21 Å². The van der Waals surface area contributed by atoms with Gasteiger partial charge in [-0.05, 0) is 6.92 Å². The van der Waals surface area contributed by atoms with Crippen LogP contribution in [0.15, 0.2) is 0 Å². The molecule has 0 aromatic heterocycles. The summed E-state index contributed by atoms with van der Waals surface area (Å²) in [6, 6.07) is 0.262. The van der Waals surface area contributed by atoms with E-state index >= 15 is 0 Å². The van der Waals surface area contributed by atoms with Gasteiger partial charge in [0, 0.05) is 0 Å². The lowest BCUT2D eigenvalue weighted by Crippen LogP contribution is -2.20. The molecule has 1 aliphatic rings. The Hall–Kier alpha value is -0.570. The lowest BCUT2D eigenvalue weighted by atomic mass is 10.4. The average Bonchev–Trinajstić information content (AvgIpc) is 1.87. The molecule has 0 radical (unpaired) electrons. The maximum atomic E-state index is 10.3. The zero-order chi connectivity index (χ0) is 5.28. The van der Waals surface area contributed by atoms with Crippen LogP contribution >= 0.6 is 0 Å². The molecule has 3 nitrogen and oxygen atoms in total. The van der Waals surface area contributed by atoms with Gasteiger partial charge in [-0.15, -0.1) is 0 Å². The third-order valence-electron chi connectivity index (χ3n) is 0.959. The van der Waals surface area contributed by atoms with Crippen molar-refractivity contribution in [1.82, 2.24) is 5.32 Å². The van der Waals surface area contributed by atoms with E-state index in [9.17, 15) is 5.21 Å². The molecule has 1 unspecified atom stereocenters. The Balaban J connectivity index is 2.50. The largest absolute Gasteiger partial charge is 0.623 e. The molecule has 40 valence electrons. The van der Waals surface area contributed by atoms with Crippen LogP contribution < -0.4 is 5.32 Å². The van der Waals surface area contributed by atoms with Crippen molar-refractivity contribution in [1.29, 1.82) is 0 Å². The second-order valence-electron chi connectivity index (χ2n) is 1.72. The summed E-state index contributed by atoms with van der Waals surface area (Å²) in [5, 5.41) is 13.2. The summed E-state index contributed by atoms with van der Waals surface area (Å²) < 4.78 is 0.894. The van der Waals surface area contributed by atoms with E-state index < -0.39 is 0 Å². The first-order valence-electron chi connectivity index (χ1n) is 2.31. The first-order chi connectivity index (χ1) is 3.29. The number of hydroxylamine groups is 1. The summed E-state index contributed by atoms with van der Waals surface area (Å²) in [6.07, 6.45) is 1.61. The smallest absolute Gasteiger partial charge is 0.207 e. The fourth-order valence-corrected chi connectivity index (χ4v) is 0.589. The van der Waals surface area contributed by atoms with Crippen molar-refractivity contribution in [3.63, 3.8) is 0 Å². The molecular weight excluding hydrogens is 92.1 g/mol. The molecule has 1 atom stereocenters. The minimum absolute atomic E-state index is 0.262. The molecule has 1 rings (SSSR count). The molecule has 0 amide bonds. The van der Waals surface area contributed by atoms with Crippen molar-refractivity contribution in [3.8, 4) is 0 Å². The van der Waals surface area contributed by atoms with Gasteiger partial charge in [-0.1, -0.05) is 0 Å². The SMILES string of the molecule is CC1C=[N+]([O-])CN1. The molecule has 0 fully saturated rings. The van der Waals surface area contributed by atoms with E-state index in [2.05, 4.69) is 5.32 Å². The molecule has 0 bridgehead atoms. The summed E-state index contributed by atoms with van der Waals surface area (Å²) in [6.45, 7) is 2.39. The highest BCUT2D eigenvalue weighted by atomic mass is 16.5. The molecule has 1 N–H and O–H groups in total. The van der Waals surface area contributed by atoms with Gasteiger partial charge in [0.25, 0.3) is 0 Å². The van der Waals surface area contributed by atoms with Gasteiger partial charge in [0.15, 0.2) is 6.21 Å². The van der Waals surface area contributed by atoms with Crippen molar-refractivity contribution in [2.45, 2.75) is 13.0 Å². The second-order valence-corrected chi connectivity index (χ2v) is 1.72. The molecule has 0 aliphatic carbocycles. The van der Waals surface area contributed by atoms with E-state index in [0.29, 0.717) is 6.67 Å². The monoisotopic (exact) mass is 100 g/mol. The molecule has 0 aromatic carbocycles. The Kier molecular flexibility index (Phi) is 0.982. The van der Waals surface area contributed by atoms with E-state index in [0.717, 1.165) is 4.74 Å². The summed E-state index contributed by atoms with van der Waals surface area (Å²) in [5.74, 6) is 0. The standard InChI is InChI=1S/C4H8N2O/c1-4-2-6(7)3-5-4/h2,4-5H,3H2,1H3. The van der Waals surface area contributed by atoms with Crippen molar-refractivity contribution in [2.24, 2.45) is 0 Å². The van der Waals surface area contributed by atoms with E-state index in [1.165, 1.54) is 0 Å². The molecule has 3 heteroatoms. The van der Waals surface area contributed by atoms with E-state index in [-0.39, 0.29) is 6.04 Å². The zero-order valence-electron chi connectivity index (χ0n) is 4.22. The van der Waals surface area contributed by atoms with Crippen molar-refractivity contribution in [2.75, 3.05) is 6.67 Å². The minimum atomic E-state index is 0.262. The van der Waals surface area contributed by atoms with Gasteiger partial charge in [0.1, 0.15) is 0 Å². The first kappa shape index (κ1) is 4.59. The summed E-state index contributed by atoms with van der Waals surface area (Å²) in [7, 11) is 0. The molecule has 0 aromatic rings. The number of hydrogen-bond donors (Lipinski definition) is 1. The van der Waals surface area contributed by atoms with Crippen LogP contribution in [0.2, 0.25) is 0 Å². The molecule has 0 saturated heterocycles. The van der Waals surface area contributed by atoms with Gasteiger partial charge in [0.05, 0.1) is 6.04 Å². The highest BCUT2D eigenvalue weighted by molar-refractivity contribution is 5.59. The Morgan fingerprint density at radius 2 is 2.71 bits per heavy atom. The molecule has 1 heterocycles. The van der Waals surface area contributed by atoms with Crippen molar-refractivity contribution in [3.05, 3.63) is 5.21 Å². The molecule has 1 aliphatic heterocycles. The summed E-state index contributed by atoms with van der Waals surface area (Å²) >= 11 is 0. The maximum absolute atomic E-state index is 10.3. The minimum Gasteiger partial charge on any atom is -0.623 e. The van der Waals surface area contributed by atoms with Crippen LogP contribution in [0.4, 0.5) is 0 Å².